The number of ether oxygens (including phenoxy) is 2. The van der Waals surface area contributed by atoms with Gasteiger partial charge in [-0.05, 0) is 59.9 Å². The fourth-order valence-electron chi connectivity index (χ4n) is 4.49. The molecule has 0 spiro atoms. The molecule has 2 aliphatic rings. The van der Waals surface area contributed by atoms with Crippen molar-refractivity contribution >= 4 is 23.9 Å². The quantitative estimate of drug-likeness (QED) is 0.573. The van der Waals surface area contributed by atoms with E-state index in [4.69, 9.17) is 9.47 Å². The van der Waals surface area contributed by atoms with E-state index < -0.39 is 47.9 Å². The van der Waals surface area contributed by atoms with Crippen LogP contribution >= 0.6 is 0 Å². The fraction of sp³-hybridized carbons (Fsp3) is 0.615. The first kappa shape index (κ1) is 26.5. The third-order valence-corrected chi connectivity index (χ3v) is 5.73. The highest BCUT2D eigenvalue weighted by Crippen LogP contribution is 2.29. The Morgan fingerprint density at radius 2 is 1.43 bits per heavy atom. The SMILES string of the molecule is CC(C)(C)OC(=O)CN1C(=O)N(CC(=O)OC(C)(C)C)[C@@H](Cc2ccccc2)C(=O)N2CCC[C@H]21. The van der Waals surface area contributed by atoms with Gasteiger partial charge in [0.1, 0.15) is 36.5 Å². The zero-order chi connectivity index (χ0) is 26.0. The Morgan fingerprint density at radius 1 is 0.886 bits per heavy atom. The molecule has 0 bridgehead atoms. The molecular formula is C26H37N3O6. The Kier molecular flexibility index (Phi) is 7.77. The van der Waals surface area contributed by atoms with Crippen molar-refractivity contribution in [1.29, 1.82) is 0 Å². The number of carbonyl (C=O) groups is 4. The molecule has 35 heavy (non-hydrogen) atoms. The highest BCUT2D eigenvalue weighted by molar-refractivity contribution is 5.93. The van der Waals surface area contributed by atoms with E-state index in [9.17, 15) is 19.2 Å². The fourth-order valence-corrected chi connectivity index (χ4v) is 4.49. The normalized spacial score (nSPS) is 21.0. The first-order chi connectivity index (χ1) is 16.2. The number of hydrogen-bond donors (Lipinski definition) is 0. The molecule has 2 aliphatic heterocycles. The molecule has 0 unspecified atom stereocenters. The molecule has 3 rings (SSSR count). The molecule has 192 valence electrons. The summed E-state index contributed by atoms with van der Waals surface area (Å²) in [5, 5.41) is 0. The van der Waals surface area contributed by atoms with Crippen LogP contribution in [-0.2, 0) is 30.3 Å². The minimum atomic E-state index is -0.901. The summed E-state index contributed by atoms with van der Waals surface area (Å²) in [6.45, 7) is 10.3. The molecule has 1 aromatic rings. The maximum atomic E-state index is 13.9. The number of urea groups is 1. The van der Waals surface area contributed by atoms with Crippen LogP contribution in [0.4, 0.5) is 4.79 Å². The lowest BCUT2D eigenvalue weighted by atomic mass is 10.0. The number of benzene rings is 1. The Morgan fingerprint density at radius 3 is 1.97 bits per heavy atom. The summed E-state index contributed by atoms with van der Waals surface area (Å²) in [4.78, 5) is 57.4. The van der Waals surface area contributed by atoms with Gasteiger partial charge < -0.3 is 19.3 Å². The molecule has 3 amide bonds. The van der Waals surface area contributed by atoms with Crippen LogP contribution in [0.25, 0.3) is 0 Å². The van der Waals surface area contributed by atoms with Gasteiger partial charge in [0.15, 0.2) is 0 Å². The van der Waals surface area contributed by atoms with Crippen molar-refractivity contribution in [3.8, 4) is 0 Å². The lowest BCUT2D eigenvalue weighted by molar-refractivity contribution is -0.157. The standard InChI is InChI=1S/C26H37N3O6/c1-25(2,3)34-21(30)16-28-19(15-18-11-8-7-9-12-18)23(32)27-14-10-13-20(27)29(24(28)33)17-22(31)35-26(4,5)6/h7-9,11-12,19-20H,10,13-17H2,1-6H3/t19-,20+/m0/s1. The van der Waals surface area contributed by atoms with Crippen LogP contribution in [0.2, 0.25) is 0 Å². The van der Waals surface area contributed by atoms with Gasteiger partial charge >= 0.3 is 18.0 Å². The Hall–Kier alpha value is -3.10. The molecule has 2 saturated heterocycles. The van der Waals surface area contributed by atoms with Gasteiger partial charge in [0.25, 0.3) is 0 Å². The number of esters is 2. The third kappa shape index (κ3) is 6.96. The molecule has 0 radical (unpaired) electrons. The van der Waals surface area contributed by atoms with Gasteiger partial charge in [0, 0.05) is 13.0 Å². The molecule has 2 fully saturated rings. The van der Waals surface area contributed by atoms with Crippen molar-refractivity contribution in [2.75, 3.05) is 19.6 Å². The van der Waals surface area contributed by atoms with E-state index in [2.05, 4.69) is 0 Å². The number of nitrogens with zero attached hydrogens (tertiary/aromatic N) is 3. The molecule has 0 aliphatic carbocycles. The summed E-state index contributed by atoms with van der Waals surface area (Å²) in [6.07, 6.45) is 0.957. The van der Waals surface area contributed by atoms with E-state index in [0.717, 1.165) is 12.0 Å². The zero-order valence-corrected chi connectivity index (χ0v) is 21.6. The predicted molar refractivity (Wildman–Crippen MR) is 129 cm³/mol. The summed E-state index contributed by atoms with van der Waals surface area (Å²) < 4.78 is 10.9. The molecule has 9 heteroatoms. The molecule has 0 aromatic heterocycles. The van der Waals surface area contributed by atoms with E-state index >= 15 is 0 Å². The second-order valence-electron chi connectivity index (χ2n) is 11.1. The van der Waals surface area contributed by atoms with Crippen LogP contribution < -0.4 is 0 Å². The van der Waals surface area contributed by atoms with Gasteiger partial charge in [0.2, 0.25) is 5.91 Å². The number of amides is 3. The minimum absolute atomic E-state index is 0.236. The monoisotopic (exact) mass is 487 g/mol. The first-order valence-corrected chi connectivity index (χ1v) is 12.1. The molecule has 2 atom stereocenters. The smallest absolute Gasteiger partial charge is 0.326 e. The summed E-state index contributed by atoms with van der Waals surface area (Å²) >= 11 is 0. The first-order valence-electron chi connectivity index (χ1n) is 12.1. The van der Waals surface area contributed by atoms with Crippen LogP contribution in [0.5, 0.6) is 0 Å². The predicted octanol–water partition coefficient (Wildman–Crippen LogP) is 2.97. The van der Waals surface area contributed by atoms with Gasteiger partial charge in [0.05, 0.1) is 0 Å². The average Bonchev–Trinajstić information content (AvgIpc) is 3.19. The van der Waals surface area contributed by atoms with Gasteiger partial charge in [-0.2, -0.15) is 0 Å². The van der Waals surface area contributed by atoms with Crippen molar-refractivity contribution < 1.29 is 28.7 Å². The van der Waals surface area contributed by atoms with Crippen molar-refractivity contribution in [3.05, 3.63) is 35.9 Å². The summed E-state index contributed by atoms with van der Waals surface area (Å²) in [6, 6.07) is 7.92. The molecule has 2 heterocycles. The molecular weight excluding hydrogens is 450 g/mol. The van der Waals surface area contributed by atoms with Gasteiger partial charge in [-0.3, -0.25) is 19.3 Å². The Bertz CT molecular complexity index is 950. The molecule has 0 saturated carbocycles. The van der Waals surface area contributed by atoms with Gasteiger partial charge in [-0.25, -0.2) is 4.79 Å². The Balaban J connectivity index is 1.97. The van der Waals surface area contributed by atoms with Crippen LogP contribution in [-0.4, -0.2) is 81.6 Å². The molecule has 1 aromatic carbocycles. The number of hydrogen-bond acceptors (Lipinski definition) is 6. The summed E-state index contributed by atoms with van der Waals surface area (Å²) in [5.41, 5.74) is -0.603. The topological polar surface area (TPSA) is 96.5 Å². The van der Waals surface area contributed by atoms with E-state index in [1.54, 1.807) is 46.4 Å². The summed E-state index contributed by atoms with van der Waals surface area (Å²) in [7, 11) is 0. The van der Waals surface area contributed by atoms with E-state index in [0.29, 0.717) is 13.0 Å². The van der Waals surface area contributed by atoms with Crippen molar-refractivity contribution in [1.82, 2.24) is 14.7 Å². The second kappa shape index (κ2) is 10.3. The van der Waals surface area contributed by atoms with Crippen molar-refractivity contribution in [3.63, 3.8) is 0 Å². The molecule has 9 nitrogen and oxygen atoms in total. The minimum Gasteiger partial charge on any atom is -0.459 e. The number of carbonyl (C=O) groups excluding carboxylic acids is 4. The molecule has 0 N–H and O–H groups in total. The van der Waals surface area contributed by atoms with Crippen LogP contribution in [0.3, 0.4) is 0 Å². The van der Waals surface area contributed by atoms with E-state index in [1.165, 1.54) is 9.80 Å². The van der Waals surface area contributed by atoms with Crippen molar-refractivity contribution in [2.45, 2.75) is 84.2 Å². The van der Waals surface area contributed by atoms with Crippen LogP contribution in [0.1, 0.15) is 59.9 Å². The average molecular weight is 488 g/mol. The van der Waals surface area contributed by atoms with E-state index in [1.807, 2.05) is 30.3 Å². The maximum Gasteiger partial charge on any atom is 0.326 e. The third-order valence-electron chi connectivity index (χ3n) is 5.73. The lowest BCUT2D eigenvalue weighted by Gasteiger charge is -2.34. The van der Waals surface area contributed by atoms with Crippen LogP contribution in [0.15, 0.2) is 30.3 Å². The largest absolute Gasteiger partial charge is 0.459 e. The maximum absolute atomic E-state index is 13.9. The van der Waals surface area contributed by atoms with Crippen LogP contribution in [0, 0.1) is 0 Å². The summed E-state index contributed by atoms with van der Waals surface area (Å²) in [5.74, 6) is -1.42. The van der Waals surface area contributed by atoms with Crippen molar-refractivity contribution in [2.24, 2.45) is 0 Å². The number of rotatable bonds is 6. The van der Waals surface area contributed by atoms with E-state index in [-0.39, 0.29) is 18.9 Å². The van der Waals surface area contributed by atoms with Gasteiger partial charge in [-0.1, -0.05) is 30.3 Å². The second-order valence-corrected chi connectivity index (χ2v) is 11.1. The number of fused-ring (bicyclic) bond motifs is 1. The lowest BCUT2D eigenvalue weighted by Crippen LogP contribution is -2.53. The highest BCUT2D eigenvalue weighted by Gasteiger charge is 2.48. The highest BCUT2D eigenvalue weighted by atomic mass is 16.6. The van der Waals surface area contributed by atoms with Gasteiger partial charge in [-0.15, -0.1) is 0 Å². The Labute approximate surface area is 207 Å². The zero-order valence-electron chi connectivity index (χ0n) is 21.6.